The van der Waals surface area contributed by atoms with E-state index in [1.165, 1.54) is 0 Å². The minimum atomic E-state index is -0.277. The van der Waals surface area contributed by atoms with Gasteiger partial charge in [0.15, 0.2) is 5.11 Å². The zero-order valence-corrected chi connectivity index (χ0v) is 18.4. The first-order chi connectivity index (χ1) is 14.6. The first-order valence-corrected chi connectivity index (χ1v) is 10.7. The summed E-state index contributed by atoms with van der Waals surface area (Å²) in [6, 6.07) is 14.4. The van der Waals surface area contributed by atoms with Crippen LogP contribution in [-0.2, 0) is 4.74 Å². The molecule has 0 unspecified atom stereocenters. The predicted octanol–water partition coefficient (Wildman–Crippen LogP) is 4.80. The fraction of sp³-hybridized carbons (Fsp3) is 0.391. The molecule has 0 radical (unpaired) electrons. The van der Waals surface area contributed by atoms with Crippen LogP contribution in [0, 0.1) is 0 Å². The molecule has 162 valence electrons. The molecule has 2 aromatic carbocycles. The zero-order valence-electron chi connectivity index (χ0n) is 17.6. The van der Waals surface area contributed by atoms with Crippen LogP contribution in [0.5, 0.6) is 11.5 Å². The Morgan fingerprint density at radius 1 is 0.867 bits per heavy atom. The van der Waals surface area contributed by atoms with Gasteiger partial charge in [-0.15, -0.1) is 0 Å². The molecule has 2 N–H and O–H groups in total. The van der Waals surface area contributed by atoms with E-state index in [0.29, 0.717) is 32.0 Å². The summed E-state index contributed by atoms with van der Waals surface area (Å²) in [5.74, 6) is 1.22. The van der Waals surface area contributed by atoms with Crippen molar-refractivity contribution in [2.24, 2.45) is 0 Å². The number of nitrogens with one attached hydrogen (secondary N) is 2. The van der Waals surface area contributed by atoms with Gasteiger partial charge in [0.2, 0.25) is 0 Å². The Kier molecular flexibility index (Phi) is 10.7. The molecule has 1 amide bonds. The van der Waals surface area contributed by atoms with Crippen LogP contribution in [-0.4, -0.2) is 37.4 Å². The van der Waals surface area contributed by atoms with Crippen LogP contribution in [0.4, 0.5) is 5.69 Å². The van der Waals surface area contributed by atoms with Crippen molar-refractivity contribution in [3.63, 3.8) is 0 Å². The summed E-state index contributed by atoms with van der Waals surface area (Å²) in [6.07, 6.45) is 3.33. The molecule has 0 fully saturated rings. The Morgan fingerprint density at radius 3 is 2.13 bits per heavy atom. The number of hydrogen-bond donors (Lipinski definition) is 2. The third-order valence-corrected chi connectivity index (χ3v) is 4.38. The predicted molar refractivity (Wildman–Crippen MR) is 124 cm³/mol. The van der Waals surface area contributed by atoms with Crippen molar-refractivity contribution < 1.29 is 19.0 Å². The number of hydrogen-bond acceptors (Lipinski definition) is 5. The smallest absolute Gasteiger partial charge is 0.257 e. The number of carbonyl (C=O) groups excluding carboxylic acids is 1. The van der Waals surface area contributed by atoms with E-state index >= 15 is 0 Å². The molecule has 0 bridgehead atoms. The topological polar surface area (TPSA) is 68.8 Å². The highest BCUT2D eigenvalue weighted by molar-refractivity contribution is 7.80. The van der Waals surface area contributed by atoms with E-state index in [4.69, 9.17) is 26.4 Å². The number of anilines is 1. The largest absolute Gasteiger partial charge is 0.494 e. The van der Waals surface area contributed by atoms with Gasteiger partial charge in [-0.1, -0.05) is 19.8 Å². The van der Waals surface area contributed by atoms with Gasteiger partial charge in [-0.2, -0.15) is 0 Å². The number of thiocarbonyl (C=S) groups is 1. The molecule has 30 heavy (non-hydrogen) atoms. The van der Waals surface area contributed by atoms with Gasteiger partial charge in [0, 0.05) is 17.9 Å². The van der Waals surface area contributed by atoms with Crippen molar-refractivity contribution in [2.45, 2.75) is 33.1 Å². The number of carbonyl (C=O) groups is 1. The van der Waals surface area contributed by atoms with Crippen LogP contribution in [0.3, 0.4) is 0 Å². The molecule has 0 aliphatic carbocycles. The van der Waals surface area contributed by atoms with Gasteiger partial charge in [0.1, 0.15) is 18.1 Å². The highest BCUT2D eigenvalue weighted by atomic mass is 32.1. The van der Waals surface area contributed by atoms with Crippen LogP contribution < -0.4 is 20.1 Å². The van der Waals surface area contributed by atoms with Crippen LogP contribution in [0.2, 0.25) is 0 Å². The average Bonchev–Trinajstić information content (AvgIpc) is 2.76. The van der Waals surface area contributed by atoms with Crippen molar-refractivity contribution in [1.82, 2.24) is 5.32 Å². The molecule has 2 rings (SSSR count). The molecule has 6 nitrogen and oxygen atoms in total. The Hall–Kier alpha value is -2.64. The minimum absolute atomic E-state index is 0.227. The van der Waals surface area contributed by atoms with Crippen LogP contribution in [0.1, 0.15) is 43.5 Å². The molecular formula is C23H30N2O4S. The Balaban J connectivity index is 1.76. The van der Waals surface area contributed by atoms with Crippen LogP contribution >= 0.6 is 12.2 Å². The summed E-state index contributed by atoms with van der Waals surface area (Å²) in [5, 5.41) is 5.90. The minimum Gasteiger partial charge on any atom is -0.494 e. The zero-order chi connectivity index (χ0) is 21.6. The second-order valence-electron chi connectivity index (χ2n) is 6.56. The van der Waals surface area contributed by atoms with Gasteiger partial charge < -0.3 is 19.5 Å². The normalized spacial score (nSPS) is 10.3. The molecule has 0 aliphatic rings. The van der Waals surface area contributed by atoms with E-state index < -0.39 is 0 Å². The molecule has 0 saturated carbocycles. The summed E-state index contributed by atoms with van der Waals surface area (Å²) in [5.41, 5.74) is 1.27. The van der Waals surface area contributed by atoms with Gasteiger partial charge in [0.05, 0.1) is 13.2 Å². The summed E-state index contributed by atoms with van der Waals surface area (Å²) >= 11 is 5.24. The molecule has 0 spiro atoms. The molecule has 0 saturated heterocycles. The SMILES string of the molecule is CCCCCOc1ccc(C(=O)NC(=S)Nc2ccc(OCCOCC)cc2)cc1. The van der Waals surface area contributed by atoms with E-state index in [1.54, 1.807) is 24.3 Å². The van der Waals surface area contributed by atoms with Crippen LogP contribution in [0.15, 0.2) is 48.5 Å². The lowest BCUT2D eigenvalue weighted by Crippen LogP contribution is -2.34. The summed E-state index contributed by atoms with van der Waals surface area (Å²) in [7, 11) is 0. The fourth-order valence-corrected chi connectivity index (χ4v) is 2.79. The molecule has 0 atom stereocenters. The van der Waals surface area contributed by atoms with Crippen LogP contribution in [0.25, 0.3) is 0 Å². The summed E-state index contributed by atoms with van der Waals surface area (Å²) < 4.78 is 16.5. The lowest BCUT2D eigenvalue weighted by atomic mass is 10.2. The Labute approximate surface area is 183 Å². The van der Waals surface area contributed by atoms with E-state index in [9.17, 15) is 4.79 Å². The number of amides is 1. The highest BCUT2D eigenvalue weighted by Gasteiger charge is 2.08. The second-order valence-corrected chi connectivity index (χ2v) is 6.97. The number of rotatable bonds is 12. The van der Waals surface area contributed by atoms with Gasteiger partial charge in [-0.3, -0.25) is 10.1 Å². The van der Waals surface area contributed by atoms with E-state index in [0.717, 1.165) is 36.4 Å². The molecular weight excluding hydrogens is 400 g/mol. The van der Waals surface area contributed by atoms with E-state index in [-0.39, 0.29) is 11.0 Å². The Morgan fingerprint density at radius 2 is 1.50 bits per heavy atom. The average molecular weight is 431 g/mol. The molecule has 0 aromatic heterocycles. The summed E-state index contributed by atoms with van der Waals surface area (Å²) in [6.45, 7) is 6.51. The molecule has 0 aliphatic heterocycles. The van der Waals surface area contributed by atoms with Crippen molar-refractivity contribution in [3.8, 4) is 11.5 Å². The lowest BCUT2D eigenvalue weighted by molar-refractivity contribution is 0.0977. The molecule has 2 aromatic rings. The van der Waals surface area contributed by atoms with Gasteiger partial charge in [0.25, 0.3) is 5.91 Å². The Bertz CT molecular complexity index is 779. The molecule has 7 heteroatoms. The maximum Gasteiger partial charge on any atom is 0.257 e. The first kappa shape index (κ1) is 23.6. The third kappa shape index (κ3) is 8.80. The lowest BCUT2D eigenvalue weighted by Gasteiger charge is -2.11. The summed E-state index contributed by atoms with van der Waals surface area (Å²) in [4.78, 5) is 12.4. The van der Waals surface area contributed by atoms with E-state index in [1.807, 2.05) is 31.2 Å². The quantitative estimate of drug-likeness (QED) is 0.372. The first-order valence-electron chi connectivity index (χ1n) is 10.3. The molecule has 0 heterocycles. The second kappa shape index (κ2) is 13.6. The maximum absolute atomic E-state index is 12.4. The number of unbranched alkanes of at least 4 members (excludes halogenated alkanes) is 2. The highest BCUT2D eigenvalue weighted by Crippen LogP contribution is 2.16. The standard InChI is InChI=1S/C23H30N2O4S/c1-3-5-6-15-28-20-11-7-18(8-12-20)22(26)25-23(30)24-19-9-13-21(14-10-19)29-17-16-27-4-2/h7-14H,3-6,15-17H2,1-2H3,(H2,24,25,26,30). The third-order valence-electron chi connectivity index (χ3n) is 4.17. The maximum atomic E-state index is 12.4. The van der Waals surface area contributed by atoms with Crippen molar-refractivity contribution in [3.05, 3.63) is 54.1 Å². The number of benzene rings is 2. The van der Waals surface area contributed by atoms with E-state index in [2.05, 4.69) is 17.6 Å². The van der Waals surface area contributed by atoms with Gasteiger partial charge >= 0.3 is 0 Å². The monoisotopic (exact) mass is 430 g/mol. The van der Waals surface area contributed by atoms with Gasteiger partial charge in [-0.25, -0.2) is 0 Å². The number of ether oxygens (including phenoxy) is 3. The fourth-order valence-electron chi connectivity index (χ4n) is 2.58. The van der Waals surface area contributed by atoms with Crippen molar-refractivity contribution >= 4 is 28.9 Å². The van der Waals surface area contributed by atoms with Gasteiger partial charge in [-0.05, 0) is 74.1 Å². The van der Waals surface area contributed by atoms with Crippen molar-refractivity contribution in [2.75, 3.05) is 31.7 Å². The van der Waals surface area contributed by atoms with Crippen molar-refractivity contribution in [1.29, 1.82) is 0 Å².